The number of hydrogen-bond donors (Lipinski definition) is 1. The summed E-state index contributed by atoms with van der Waals surface area (Å²) in [6, 6.07) is 16.8. The molecule has 2 amide bonds. The van der Waals surface area contributed by atoms with Crippen LogP contribution in [-0.4, -0.2) is 61.4 Å². The number of nitrogens with one attached hydrogen (secondary N) is 1. The Hall–Kier alpha value is -2.66. The maximum atomic E-state index is 13.2. The van der Waals surface area contributed by atoms with Gasteiger partial charge in [0, 0.05) is 26.2 Å². The first kappa shape index (κ1) is 21.1. The van der Waals surface area contributed by atoms with Gasteiger partial charge in [0.05, 0.1) is 12.5 Å². The molecular formula is C24H31N3O2. The molecule has 1 N–H and O–H groups in total. The van der Waals surface area contributed by atoms with Crippen molar-refractivity contribution in [2.24, 2.45) is 5.92 Å². The van der Waals surface area contributed by atoms with Crippen LogP contribution in [0.2, 0.25) is 0 Å². The molecule has 154 valence electrons. The van der Waals surface area contributed by atoms with Crippen molar-refractivity contribution in [3.63, 3.8) is 0 Å². The standard InChI is InChI=1S/C24H31N3O2/c1-4-26-13-14-27(23(28)16-25-3)17-21(24(26)29)15-20-7-5-6-8-22(20)19-11-9-18(2)10-12-19/h5-12,21,25H,4,13-17H2,1-3H3/t21-/m0/s1. The van der Waals surface area contributed by atoms with Crippen LogP contribution in [-0.2, 0) is 16.0 Å². The fraction of sp³-hybridized carbons (Fsp3) is 0.417. The van der Waals surface area contributed by atoms with Crippen LogP contribution in [0.1, 0.15) is 18.1 Å². The molecule has 0 saturated carbocycles. The summed E-state index contributed by atoms with van der Waals surface area (Å²) in [7, 11) is 1.77. The minimum atomic E-state index is -0.232. The maximum Gasteiger partial charge on any atom is 0.236 e. The Morgan fingerprint density at radius 1 is 1.10 bits per heavy atom. The van der Waals surface area contributed by atoms with Crippen LogP contribution in [0.3, 0.4) is 0 Å². The summed E-state index contributed by atoms with van der Waals surface area (Å²) in [5.41, 5.74) is 4.68. The molecule has 0 aliphatic carbocycles. The lowest BCUT2D eigenvalue weighted by Gasteiger charge is -2.24. The van der Waals surface area contributed by atoms with E-state index < -0.39 is 0 Å². The number of nitrogens with zero attached hydrogens (tertiary/aromatic N) is 2. The molecule has 0 unspecified atom stereocenters. The van der Waals surface area contributed by atoms with Gasteiger partial charge in [-0.05, 0) is 44.0 Å². The van der Waals surface area contributed by atoms with Crippen LogP contribution >= 0.6 is 0 Å². The van der Waals surface area contributed by atoms with Crippen molar-refractivity contribution in [2.75, 3.05) is 39.8 Å². The van der Waals surface area contributed by atoms with Gasteiger partial charge in [-0.25, -0.2) is 0 Å². The van der Waals surface area contributed by atoms with Gasteiger partial charge < -0.3 is 15.1 Å². The number of benzene rings is 2. The summed E-state index contributed by atoms with van der Waals surface area (Å²) in [6.45, 7) is 6.71. The molecule has 1 fully saturated rings. The molecule has 0 spiro atoms. The Balaban J connectivity index is 1.89. The number of carbonyl (C=O) groups is 2. The zero-order valence-electron chi connectivity index (χ0n) is 17.6. The molecule has 1 aliphatic heterocycles. The van der Waals surface area contributed by atoms with Crippen molar-refractivity contribution in [1.82, 2.24) is 15.1 Å². The molecule has 2 aromatic rings. The molecule has 1 heterocycles. The normalized spacial score (nSPS) is 17.3. The van der Waals surface area contributed by atoms with Crippen molar-refractivity contribution in [3.8, 4) is 11.1 Å². The Morgan fingerprint density at radius 3 is 2.52 bits per heavy atom. The molecule has 1 saturated heterocycles. The van der Waals surface area contributed by atoms with Crippen LogP contribution in [0.25, 0.3) is 11.1 Å². The Kier molecular flexibility index (Phi) is 7.04. The van der Waals surface area contributed by atoms with E-state index >= 15 is 0 Å². The number of hydrogen-bond acceptors (Lipinski definition) is 3. The van der Waals surface area contributed by atoms with Crippen molar-refractivity contribution < 1.29 is 9.59 Å². The highest BCUT2D eigenvalue weighted by atomic mass is 16.2. The average Bonchev–Trinajstić information content (AvgIpc) is 2.88. The van der Waals surface area contributed by atoms with Crippen LogP contribution in [0, 0.1) is 12.8 Å². The zero-order chi connectivity index (χ0) is 20.8. The van der Waals surface area contributed by atoms with Gasteiger partial charge in [-0.2, -0.15) is 0 Å². The monoisotopic (exact) mass is 393 g/mol. The van der Waals surface area contributed by atoms with Gasteiger partial charge in [-0.3, -0.25) is 9.59 Å². The second kappa shape index (κ2) is 9.70. The van der Waals surface area contributed by atoms with E-state index in [-0.39, 0.29) is 17.7 Å². The van der Waals surface area contributed by atoms with Crippen molar-refractivity contribution in [3.05, 3.63) is 59.7 Å². The van der Waals surface area contributed by atoms with Gasteiger partial charge in [0.1, 0.15) is 0 Å². The first-order chi connectivity index (χ1) is 14.0. The molecule has 1 aliphatic rings. The first-order valence-corrected chi connectivity index (χ1v) is 10.4. The fourth-order valence-corrected chi connectivity index (χ4v) is 3.98. The highest BCUT2D eigenvalue weighted by molar-refractivity contribution is 5.83. The van der Waals surface area contributed by atoms with E-state index in [0.717, 1.165) is 16.7 Å². The molecule has 1 atom stereocenters. The topological polar surface area (TPSA) is 52.6 Å². The van der Waals surface area contributed by atoms with Crippen LogP contribution in [0.15, 0.2) is 48.5 Å². The average molecular weight is 394 g/mol. The Labute approximate surface area is 173 Å². The van der Waals surface area contributed by atoms with Gasteiger partial charge in [0.25, 0.3) is 0 Å². The van der Waals surface area contributed by atoms with Gasteiger partial charge >= 0.3 is 0 Å². The van der Waals surface area contributed by atoms with E-state index in [9.17, 15) is 9.59 Å². The third-order valence-electron chi connectivity index (χ3n) is 5.65. The number of amides is 2. The predicted octanol–water partition coefficient (Wildman–Crippen LogP) is 2.73. The third kappa shape index (κ3) is 5.04. The number of rotatable bonds is 6. The number of likely N-dealkylation sites (N-methyl/N-ethyl adjacent to an activating group) is 2. The van der Waals surface area contributed by atoms with Crippen LogP contribution in [0.5, 0.6) is 0 Å². The summed E-state index contributed by atoms with van der Waals surface area (Å²) in [4.78, 5) is 29.4. The first-order valence-electron chi connectivity index (χ1n) is 10.4. The Bertz CT molecular complexity index is 847. The number of carbonyl (C=O) groups excluding carboxylic acids is 2. The third-order valence-corrected chi connectivity index (χ3v) is 5.65. The van der Waals surface area contributed by atoms with Crippen LogP contribution < -0.4 is 5.32 Å². The van der Waals surface area contributed by atoms with Crippen molar-refractivity contribution in [1.29, 1.82) is 0 Å². The molecule has 0 aromatic heterocycles. The molecule has 3 rings (SSSR count). The van der Waals surface area contributed by atoms with E-state index in [1.807, 2.05) is 28.9 Å². The molecule has 0 radical (unpaired) electrons. The van der Waals surface area contributed by atoms with Crippen LogP contribution in [0.4, 0.5) is 0 Å². The predicted molar refractivity (Wildman–Crippen MR) is 117 cm³/mol. The van der Waals surface area contributed by atoms with E-state index in [2.05, 4.69) is 48.6 Å². The molecule has 5 nitrogen and oxygen atoms in total. The smallest absolute Gasteiger partial charge is 0.236 e. The molecular weight excluding hydrogens is 362 g/mol. The number of aryl methyl sites for hydroxylation is 1. The second-order valence-corrected chi connectivity index (χ2v) is 7.71. The summed E-state index contributed by atoms with van der Waals surface area (Å²) in [5.74, 6) is -0.0362. The lowest BCUT2D eigenvalue weighted by molar-refractivity contribution is -0.134. The highest BCUT2D eigenvalue weighted by Crippen LogP contribution is 2.27. The van der Waals surface area contributed by atoms with E-state index in [0.29, 0.717) is 39.1 Å². The SMILES string of the molecule is CCN1CCN(C(=O)CNC)C[C@H](Cc2ccccc2-c2ccc(C)cc2)C1=O. The van der Waals surface area contributed by atoms with Gasteiger partial charge in [0.15, 0.2) is 0 Å². The van der Waals surface area contributed by atoms with E-state index in [1.54, 1.807) is 7.05 Å². The minimum absolute atomic E-state index is 0.0510. The van der Waals surface area contributed by atoms with Gasteiger partial charge in [-0.1, -0.05) is 54.1 Å². The van der Waals surface area contributed by atoms with Crippen molar-refractivity contribution in [2.45, 2.75) is 20.3 Å². The molecule has 5 heteroatoms. The maximum absolute atomic E-state index is 13.2. The summed E-state index contributed by atoms with van der Waals surface area (Å²) >= 11 is 0. The van der Waals surface area contributed by atoms with Gasteiger partial charge in [-0.15, -0.1) is 0 Å². The molecule has 29 heavy (non-hydrogen) atoms. The highest BCUT2D eigenvalue weighted by Gasteiger charge is 2.31. The zero-order valence-corrected chi connectivity index (χ0v) is 17.6. The lowest BCUT2D eigenvalue weighted by Crippen LogP contribution is -2.41. The lowest BCUT2D eigenvalue weighted by atomic mass is 9.91. The second-order valence-electron chi connectivity index (χ2n) is 7.71. The molecule has 2 aromatic carbocycles. The largest absolute Gasteiger partial charge is 0.341 e. The van der Waals surface area contributed by atoms with E-state index in [1.165, 1.54) is 5.56 Å². The quantitative estimate of drug-likeness (QED) is 0.821. The summed E-state index contributed by atoms with van der Waals surface area (Å²) in [5, 5.41) is 2.93. The fourth-order valence-electron chi connectivity index (χ4n) is 3.98. The summed E-state index contributed by atoms with van der Waals surface area (Å²) in [6.07, 6.45) is 0.628. The van der Waals surface area contributed by atoms with Crippen molar-refractivity contribution >= 4 is 11.8 Å². The van der Waals surface area contributed by atoms with E-state index in [4.69, 9.17) is 0 Å². The summed E-state index contributed by atoms with van der Waals surface area (Å²) < 4.78 is 0. The molecule has 0 bridgehead atoms. The Morgan fingerprint density at radius 2 is 1.83 bits per heavy atom. The van der Waals surface area contributed by atoms with Gasteiger partial charge in [0.2, 0.25) is 11.8 Å². The minimum Gasteiger partial charge on any atom is -0.341 e.